The first-order valence-electron chi connectivity index (χ1n) is 11.4. The summed E-state index contributed by atoms with van der Waals surface area (Å²) in [5.74, 6) is 0.730. The third-order valence-electron chi connectivity index (χ3n) is 6.53. The minimum absolute atomic E-state index is 0.444. The van der Waals surface area contributed by atoms with Crippen LogP contribution in [-0.2, 0) is 6.61 Å². The van der Waals surface area contributed by atoms with E-state index in [1.165, 1.54) is 45.2 Å². The number of hydrogen-bond donors (Lipinski definition) is 1. The van der Waals surface area contributed by atoms with E-state index in [1.54, 1.807) is 0 Å². The van der Waals surface area contributed by atoms with Crippen LogP contribution in [0.2, 0.25) is 5.02 Å². The van der Waals surface area contributed by atoms with Crippen LogP contribution in [0.3, 0.4) is 0 Å². The Labute approximate surface area is 199 Å². The van der Waals surface area contributed by atoms with Crippen LogP contribution < -0.4 is 4.74 Å². The lowest BCUT2D eigenvalue weighted by atomic mass is 9.99. The molecule has 6 heteroatoms. The zero-order valence-electron chi connectivity index (χ0n) is 18.0. The first-order chi connectivity index (χ1) is 15.1. The number of rotatable bonds is 7. The van der Waals surface area contributed by atoms with Gasteiger partial charge in [-0.15, -0.1) is 0 Å². The summed E-state index contributed by atoms with van der Waals surface area (Å²) in [5, 5.41) is 11.8. The third kappa shape index (κ3) is 6.45. The maximum Gasteiger partial charge on any atom is 0.125 e. The number of ether oxygens (including phenoxy) is 1. The lowest BCUT2D eigenvalue weighted by Crippen LogP contribution is -2.47. The van der Waals surface area contributed by atoms with Gasteiger partial charge in [0.25, 0.3) is 0 Å². The Morgan fingerprint density at radius 2 is 1.71 bits per heavy atom. The lowest BCUT2D eigenvalue weighted by Gasteiger charge is -2.40. The molecule has 2 heterocycles. The second kappa shape index (κ2) is 11.2. The summed E-state index contributed by atoms with van der Waals surface area (Å²) in [5.41, 5.74) is 1.88. The Morgan fingerprint density at radius 3 is 2.42 bits per heavy atom. The first-order valence-corrected chi connectivity index (χ1v) is 12.6. The van der Waals surface area contributed by atoms with Crippen LogP contribution in [0.1, 0.15) is 49.3 Å². The summed E-state index contributed by atoms with van der Waals surface area (Å²) in [4.78, 5) is 5.09. The highest BCUT2D eigenvalue weighted by Crippen LogP contribution is 2.31. The van der Waals surface area contributed by atoms with Crippen molar-refractivity contribution in [2.75, 3.05) is 32.7 Å². The average molecular weight is 508 g/mol. The number of likely N-dealkylation sites (tertiary alicyclic amines) is 2. The summed E-state index contributed by atoms with van der Waals surface area (Å²) >= 11 is 9.52. The third-order valence-corrected chi connectivity index (χ3v) is 7.28. The number of aliphatic hydroxyl groups excluding tert-OH is 1. The fraction of sp³-hybridized carbons (Fsp3) is 0.520. The Balaban J connectivity index is 1.34. The number of hydrogen-bond acceptors (Lipinski definition) is 4. The van der Waals surface area contributed by atoms with E-state index in [-0.39, 0.29) is 0 Å². The maximum absolute atomic E-state index is 11.1. The quantitative estimate of drug-likeness (QED) is 0.524. The topological polar surface area (TPSA) is 35.9 Å². The van der Waals surface area contributed by atoms with Crippen molar-refractivity contribution in [3.05, 3.63) is 63.1 Å². The Hall–Kier alpha value is -1.11. The van der Waals surface area contributed by atoms with Gasteiger partial charge in [-0.3, -0.25) is 0 Å². The molecule has 0 aromatic heterocycles. The van der Waals surface area contributed by atoms with Crippen molar-refractivity contribution in [3.63, 3.8) is 0 Å². The van der Waals surface area contributed by atoms with Gasteiger partial charge in [0.15, 0.2) is 0 Å². The lowest BCUT2D eigenvalue weighted by molar-refractivity contribution is 0.0590. The van der Waals surface area contributed by atoms with Crippen LogP contribution in [0, 0.1) is 0 Å². The normalized spacial score (nSPS) is 20.0. The molecule has 2 aliphatic rings. The van der Waals surface area contributed by atoms with Gasteiger partial charge in [0, 0.05) is 27.6 Å². The molecule has 2 saturated heterocycles. The molecular formula is C25H32BrClN2O2. The molecular weight excluding hydrogens is 476 g/mol. The van der Waals surface area contributed by atoms with Gasteiger partial charge in [-0.25, -0.2) is 0 Å². The number of piperidine rings is 2. The highest BCUT2D eigenvalue weighted by Gasteiger charge is 2.27. The van der Waals surface area contributed by atoms with E-state index < -0.39 is 6.10 Å². The molecule has 4 rings (SSSR count). The number of halogens is 2. The van der Waals surface area contributed by atoms with E-state index in [2.05, 4.69) is 25.7 Å². The summed E-state index contributed by atoms with van der Waals surface area (Å²) in [6, 6.07) is 14.2. The van der Waals surface area contributed by atoms with Crippen LogP contribution in [-0.4, -0.2) is 53.7 Å². The molecule has 2 fully saturated rings. The van der Waals surface area contributed by atoms with Crippen molar-refractivity contribution in [2.45, 2.75) is 50.9 Å². The first kappa shape index (κ1) is 23.1. The largest absolute Gasteiger partial charge is 0.489 e. The van der Waals surface area contributed by atoms with Gasteiger partial charge in [0.1, 0.15) is 12.4 Å². The van der Waals surface area contributed by atoms with Crippen molar-refractivity contribution in [3.8, 4) is 5.75 Å². The molecule has 2 aromatic rings. The second-order valence-electron chi connectivity index (χ2n) is 8.74. The van der Waals surface area contributed by atoms with Gasteiger partial charge in [0.2, 0.25) is 0 Å². The molecule has 0 aliphatic carbocycles. The molecule has 168 valence electrons. The SMILES string of the molecule is OC(CN1CCC(N2CCCCC2)CC1)c1cc(Br)ccc1OCc1ccc(Cl)cc1. The predicted octanol–water partition coefficient (Wildman–Crippen LogP) is 5.67. The molecule has 0 saturated carbocycles. The average Bonchev–Trinajstić information content (AvgIpc) is 2.80. The maximum atomic E-state index is 11.1. The smallest absolute Gasteiger partial charge is 0.125 e. The van der Waals surface area contributed by atoms with Gasteiger partial charge < -0.3 is 19.6 Å². The van der Waals surface area contributed by atoms with Crippen molar-refractivity contribution >= 4 is 27.5 Å². The van der Waals surface area contributed by atoms with Crippen molar-refractivity contribution in [1.82, 2.24) is 9.80 Å². The molecule has 0 bridgehead atoms. The molecule has 0 amide bonds. The van der Waals surface area contributed by atoms with E-state index in [0.717, 1.165) is 40.5 Å². The molecule has 0 radical (unpaired) electrons. The minimum Gasteiger partial charge on any atom is -0.489 e. The van der Waals surface area contributed by atoms with Crippen LogP contribution in [0.15, 0.2) is 46.9 Å². The summed E-state index contributed by atoms with van der Waals surface area (Å²) in [6.07, 6.45) is 5.90. The number of β-amino-alcohol motifs (C(OH)–C–C–N with tert-alkyl or cyclic N) is 1. The number of benzene rings is 2. The highest BCUT2D eigenvalue weighted by atomic mass is 79.9. The zero-order valence-corrected chi connectivity index (χ0v) is 20.3. The van der Waals surface area contributed by atoms with Crippen molar-refractivity contribution in [1.29, 1.82) is 0 Å². The molecule has 0 spiro atoms. The van der Waals surface area contributed by atoms with Gasteiger partial charge in [0.05, 0.1) is 6.10 Å². The fourth-order valence-corrected chi connectivity index (χ4v) is 5.25. The summed E-state index contributed by atoms with van der Waals surface area (Å²) in [6.45, 7) is 5.71. The number of nitrogens with zero attached hydrogens (tertiary/aromatic N) is 2. The predicted molar refractivity (Wildman–Crippen MR) is 130 cm³/mol. The second-order valence-corrected chi connectivity index (χ2v) is 10.1. The molecule has 1 N–H and O–H groups in total. The molecule has 1 atom stereocenters. The van der Waals surface area contributed by atoms with Crippen LogP contribution in [0.4, 0.5) is 0 Å². The standard InChI is InChI=1S/C25H32BrClN2O2/c26-20-6-9-25(31-18-19-4-7-21(27)8-5-19)23(16-20)24(30)17-28-14-10-22(11-15-28)29-12-2-1-3-13-29/h4-9,16,22,24,30H,1-3,10-15,17-18H2. The molecule has 4 nitrogen and oxygen atoms in total. The van der Waals surface area contributed by atoms with E-state index >= 15 is 0 Å². The molecule has 2 aromatic carbocycles. The Kier molecular flexibility index (Phi) is 8.30. The highest BCUT2D eigenvalue weighted by molar-refractivity contribution is 9.10. The molecule has 1 unspecified atom stereocenters. The van der Waals surface area contributed by atoms with Gasteiger partial charge >= 0.3 is 0 Å². The molecule has 31 heavy (non-hydrogen) atoms. The van der Waals surface area contributed by atoms with Crippen LogP contribution in [0.5, 0.6) is 5.75 Å². The van der Waals surface area contributed by atoms with Crippen LogP contribution in [0.25, 0.3) is 0 Å². The monoisotopic (exact) mass is 506 g/mol. The molecule has 2 aliphatic heterocycles. The number of aliphatic hydroxyl groups is 1. The van der Waals surface area contributed by atoms with Crippen molar-refractivity contribution < 1.29 is 9.84 Å². The fourth-order valence-electron chi connectivity index (χ4n) is 4.75. The summed E-state index contributed by atoms with van der Waals surface area (Å²) < 4.78 is 7.02. The van der Waals surface area contributed by atoms with E-state index in [0.29, 0.717) is 18.2 Å². The van der Waals surface area contributed by atoms with E-state index in [1.807, 2.05) is 42.5 Å². The van der Waals surface area contributed by atoms with E-state index in [9.17, 15) is 5.11 Å². The Morgan fingerprint density at radius 1 is 1.00 bits per heavy atom. The van der Waals surface area contributed by atoms with Crippen molar-refractivity contribution in [2.24, 2.45) is 0 Å². The van der Waals surface area contributed by atoms with Gasteiger partial charge in [-0.2, -0.15) is 0 Å². The summed E-state index contributed by atoms with van der Waals surface area (Å²) in [7, 11) is 0. The van der Waals surface area contributed by atoms with Gasteiger partial charge in [-0.1, -0.05) is 46.1 Å². The van der Waals surface area contributed by atoms with Crippen LogP contribution >= 0.6 is 27.5 Å². The minimum atomic E-state index is -0.579. The van der Waals surface area contributed by atoms with E-state index in [4.69, 9.17) is 16.3 Å². The zero-order chi connectivity index (χ0) is 21.6. The van der Waals surface area contributed by atoms with Gasteiger partial charge in [-0.05, 0) is 87.8 Å². The Bertz CT molecular complexity index is 834.